The molecule has 5 atom stereocenters. The molecule has 8 rings (SSSR count). The van der Waals surface area contributed by atoms with Gasteiger partial charge in [0, 0.05) is 56.4 Å². The third kappa shape index (κ3) is 10.7. The highest BCUT2D eigenvalue weighted by atomic mass is 32.2. The van der Waals surface area contributed by atoms with Gasteiger partial charge in [-0.05, 0) is 46.2 Å². The van der Waals surface area contributed by atoms with Crippen molar-refractivity contribution in [3.05, 3.63) is 63.4 Å². The number of aromatic hydroxyl groups is 1. The largest absolute Gasteiger partial charge is 0.508 e. The van der Waals surface area contributed by atoms with Crippen LogP contribution in [-0.4, -0.2) is 200 Å². The molecule has 382 valence electrons. The molecule has 28 nitrogen and oxygen atoms in total. The number of carboxylic acid groups (broad SMARTS) is 2. The molecule has 2 aromatic heterocycles. The second-order valence-electron chi connectivity index (χ2n) is 15.6. The van der Waals surface area contributed by atoms with E-state index in [9.17, 15) is 58.5 Å². The summed E-state index contributed by atoms with van der Waals surface area (Å²) in [4.78, 5) is 127. The molecule has 0 radical (unpaired) electrons. The van der Waals surface area contributed by atoms with Gasteiger partial charge in [0.05, 0.1) is 6.61 Å². The number of imide groups is 1. The van der Waals surface area contributed by atoms with E-state index in [0.717, 1.165) is 16.2 Å². The minimum Gasteiger partial charge on any atom is -0.508 e. The van der Waals surface area contributed by atoms with Gasteiger partial charge in [-0.15, -0.1) is 40.0 Å². The van der Waals surface area contributed by atoms with Crippen molar-refractivity contribution in [3.63, 3.8) is 0 Å². The van der Waals surface area contributed by atoms with Gasteiger partial charge >= 0.3 is 29.8 Å². The predicted octanol–water partition coefficient (Wildman–Crippen LogP) is -1.65. The zero-order valence-corrected chi connectivity index (χ0v) is 41.5. The Morgan fingerprint density at radius 2 is 1.54 bits per heavy atom. The molecule has 0 unspecified atom stereocenters. The molecule has 0 aliphatic carbocycles. The van der Waals surface area contributed by atoms with E-state index in [1.807, 2.05) is 0 Å². The number of piperazine rings is 1. The van der Waals surface area contributed by atoms with Crippen LogP contribution in [-0.2, 0) is 55.0 Å². The first kappa shape index (κ1) is 52.5. The molecule has 5 aliphatic heterocycles. The number of carbonyl (C=O) groups excluding carboxylic acids is 7. The van der Waals surface area contributed by atoms with Crippen LogP contribution in [0.3, 0.4) is 0 Å². The van der Waals surface area contributed by atoms with Crippen LogP contribution in [0.25, 0.3) is 0 Å². The number of tetrazole rings is 1. The van der Waals surface area contributed by atoms with Crippen LogP contribution in [0.4, 0.5) is 9.93 Å². The highest BCUT2D eigenvalue weighted by Crippen LogP contribution is 2.42. The van der Waals surface area contributed by atoms with Crippen molar-refractivity contribution in [3.8, 4) is 5.75 Å². The number of anilines is 1. The summed E-state index contributed by atoms with van der Waals surface area (Å²) in [7, 11) is 4.37. The molecule has 0 saturated carbocycles. The van der Waals surface area contributed by atoms with Crippen molar-refractivity contribution < 1.29 is 68.0 Å². The van der Waals surface area contributed by atoms with Gasteiger partial charge in [-0.25, -0.2) is 24.0 Å². The van der Waals surface area contributed by atoms with E-state index < -0.39 is 82.3 Å². The number of thioether (sulfide) groups is 3. The number of hydrogen-bond acceptors (Lipinski definition) is 22. The lowest BCUT2D eigenvalue weighted by molar-refractivity contribution is -0.153. The van der Waals surface area contributed by atoms with Gasteiger partial charge in [0.2, 0.25) is 11.1 Å². The Kier molecular flexibility index (Phi) is 16.4. The molecule has 0 bridgehead atoms. The Labute approximate surface area is 423 Å². The van der Waals surface area contributed by atoms with E-state index in [2.05, 4.69) is 41.6 Å². The number of benzene rings is 1. The highest BCUT2D eigenvalue weighted by molar-refractivity contribution is 8.01. The van der Waals surface area contributed by atoms with E-state index in [1.165, 1.54) is 88.3 Å². The fraction of sp³-hybridized carbons (Fsp3) is 0.400. The van der Waals surface area contributed by atoms with Gasteiger partial charge in [-0.2, -0.15) is 0 Å². The zero-order chi connectivity index (χ0) is 52.1. The van der Waals surface area contributed by atoms with Crippen LogP contribution in [0.2, 0.25) is 0 Å². The average molecular weight is 1070 g/mol. The van der Waals surface area contributed by atoms with Crippen LogP contribution in [0, 0.1) is 0 Å². The Morgan fingerprint density at radius 1 is 0.917 bits per heavy atom. The molecule has 72 heavy (non-hydrogen) atoms. The number of amides is 8. The number of likely N-dealkylation sites (N-methyl/N-ethyl adjacent to an activating group) is 1. The van der Waals surface area contributed by atoms with Crippen molar-refractivity contribution in [1.82, 2.24) is 60.7 Å². The summed E-state index contributed by atoms with van der Waals surface area (Å²) < 4.78 is 6.45. The molecule has 0 spiro atoms. The van der Waals surface area contributed by atoms with E-state index >= 15 is 0 Å². The summed E-state index contributed by atoms with van der Waals surface area (Å²) >= 11 is 4.96. The number of aryl methyl sites for hydroxylation is 1. The van der Waals surface area contributed by atoms with Crippen molar-refractivity contribution >= 4 is 111 Å². The molecule has 8 N–H and O–H groups in total. The van der Waals surface area contributed by atoms with Crippen LogP contribution in [0.5, 0.6) is 5.75 Å². The maximum atomic E-state index is 13.6. The third-order valence-corrected chi connectivity index (χ3v) is 15.7. The second-order valence-corrected chi connectivity index (χ2v) is 19.6. The SMILES string of the molecule is CCN1CCN(C(=O)N[C@@H](C(=O)N[C@@H]2C(=O)N3C(C(=O)O)=C(CSc4nnnn4C)CS[C@H]23)c2ccc(O)cc2)C(=O)C1=O.COCC1=C(C(=O)O)N2C(=O)[C@@H](NC(=O)/C(=N\OC)c3csc(N)n3)[C@H]2SC1. The zero-order valence-electron chi connectivity index (χ0n) is 38.2. The van der Waals surface area contributed by atoms with Gasteiger partial charge in [0.15, 0.2) is 10.8 Å². The first-order chi connectivity index (χ1) is 34.4. The van der Waals surface area contributed by atoms with Crippen molar-refractivity contribution in [2.75, 3.05) is 63.5 Å². The number of hydrogen-bond donors (Lipinski definition) is 7. The fourth-order valence-corrected chi connectivity index (χ4v) is 11.9. The number of rotatable bonds is 16. The number of fused-ring (bicyclic) bond motifs is 2. The van der Waals surface area contributed by atoms with Crippen LogP contribution < -0.4 is 21.7 Å². The first-order valence-corrected chi connectivity index (χ1v) is 25.1. The second kappa shape index (κ2) is 22.4. The van der Waals surface area contributed by atoms with Gasteiger partial charge in [0.25, 0.3) is 17.7 Å². The number of ether oxygens (including phenoxy) is 1. The molecule has 1 aromatic carbocycles. The minimum absolute atomic E-state index is 0.0823. The first-order valence-electron chi connectivity index (χ1n) is 21.2. The minimum atomic E-state index is -1.42. The smallest absolute Gasteiger partial charge is 0.352 e. The van der Waals surface area contributed by atoms with E-state index in [1.54, 1.807) is 19.4 Å². The number of urea groups is 1. The number of nitrogens with two attached hydrogens (primary N) is 1. The quantitative estimate of drug-likeness (QED) is 0.0278. The molecule has 3 fully saturated rings. The van der Waals surface area contributed by atoms with Gasteiger partial charge < -0.3 is 51.5 Å². The highest BCUT2D eigenvalue weighted by Gasteiger charge is 2.56. The lowest BCUT2D eigenvalue weighted by atomic mass is 10.0. The van der Waals surface area contributed by atoms with Crippen molar-refractivity contribution in [2.45, 2.75) is 41.0 Å². The van der Waals surface area contributed by atoms with Gasteiger partial charge in [0.1, 0.15) is 58.8 Å². The number of thiazole rings is 1. The van der Waals surface area contributed by atoms with E-state index in [4.69, 9.17) is 15.3 Å². The number of phenols is 1. The number of nitrogen functional groups attached to an aromatic ring is 1. The molecule has 3 aromatic rings. The molecular formula is C40H44N14O14S4. The summed E-state index contributed by atoms with van der Waals surface area (Å²) in [5.41, 5.74) is 6.62. The number of methoxy groups -OCH3 is 1. The number of phenolic OH excluding ortho intramolecular Hbond substituents is 1. The van der Waals surface area contributed by atoms with Crippen LogP contribution in [0.1, 0.15) is 24.2 Å². The van der Waals surface area contributed by atoms with Crippen molar-refractivity contribution in [1.29, 1.82) is 0 Å². The normalized spacial score (nSPS) is 21.1. The molecule has 32 heteroatoms. The Morgan fingerprint density at radius 3 is 2.10 bits per heavy atom. The standard InChI is InChI=1S/C25H27N9O8S2.C15H17N5O6S2/c1-3-32-8-9-33(21(39)20(32)38)24(42)27-15(12-4-6-14(35)7-5-12)18(36)26-16-19(37)34-17(23(40)41)13(10-43-22(16)34)11-44-25-28-29-30-31(25)2;1-25-3-6-4-27-13-9(12(22)20(13)10(6)14(23)24)18-11(21)8(19-26-2)7-5-28-15(16)17-7/h4-7,15-16,22,35H,3,8-11H2,1-2H3,(H,26,36)(H,27,42)(H,40,41);5,9,13H,3-4H2,1-2H3,(H2,16,17)(H,18,21)(H,23,24)/b;19-8-/t15-,16-,22-;9-,13-/m11/s1. The fourth-order valence-electron chi connectivity index (χ4n) is 7.73. The molecule has 5 aliphatic rings. The number of aromatic nitrogens is 5. The molecule has 7 heterocycles. The summed E-state index contributed by atoms with van der Waals surface area (Å²) in [6, 6.07) is 0.946. The number of nitrogens with zero attached hydrogens (tertiary/aromatic N) is 10. The molecular weight excluding hydrogens is 1030 g/mol. The Balaban J connectivity index is 0.000000234. The number of oxime groups is 1. The number of carbonyl (C=O) groups is 9. The summed E-state index contributed by atoms with van der Waals surface area (Å²) in [5, 5.41) is 52.6. The maximum Gasteiger partial charge on any atom is 0.352 e. The molecule has 8 amide bonds. The average Bonchev–Trinajstić information content (AvgIpc) is 3.99. The monoisotopic (exact) mass is 1070 g/mol. The lowest BCUT2D eigenvalue weighted by Gasteiger charge is -2.49. The van der Waals surface area contributed by atoms with E-state index in [0.29, 0.717) is 33.5 Å². The number of aliphatic carboxylic acids is 2. The number of nitrogens with one attached hydrogen (secondary N) is 3. The lowest BCUT2D eigenvalue weighted by Crippen LogP contribution is -2.71. The van der Waals surface area contributed by atoms with Gasteiger partial charge in [-0.3, -0.25) is 43.5 Å². The third-order valence-electron chi connectivity index (χ3n) is 11.2. The van der Waals surface area contributed by atoms with Gasteiger partial charge in [-0.1, -0.05) is 29.1 Å². The number of carboxylic acids is 2. The van der Waals surface area contributed by atoms with Crippen LogP contribution >= 0.6 is 46.6 Å². The van der Waals surface area contributed by atoms with Crippen LogP contribution in [0.15, 0.2) is 62.5 Å². The predicted molar refractivity (Wildman–Crippen MR) is 254 cm³/mol. The Hall–Kier alpha value is -7.29. The Bertz CT molecular complexity index is 2800. The topological polar surface area (TPSA) is 377 Å². The summed E-state index contributed by atoms with van der Waals surface area (Å²) in [6.45, 7) is 2.15. The number of β-lactam (4-membered cyclic amide) rings is 2. The van der Waals surface area contributed by atoms with E-state index in [-0.39, 0.29) is 70.4 Å². The molecule has 3 saturated heterocycles. The summed E-state index contributed by atoms with van der Waals surface area (Å²) in [5.74, 6) is -6.30. The van der Waals surface area contributed by atoms with Crippen molar-refractivity contribution in [2.24, 2.45) is 12.2 Å². The summed E-state index contributed by atoms with van der Waals surface area (Å²) in [6.07, 6.45) is 0. The maximum absolute atomic E-state index is 13.6.